The summed E-state index contributed by atoms with van der Waals surface area (Å²) in [5.41, 5.74) is 5.05. The van der Waals surface area contributed by atoms with Crippen molar-refractivity contribution in [3.63, 3.8) is 0 Å². The van der Waals surface area contributed by atoms with Gasteiger partial charge < -0.3 is 14.6 Å². The molecule has 0 spiro atoms. The van der Waals surface area contributed by atoms with E-state index in [0.29, 0.717) is 5.75 Å². The Morgan fingerprint density at radius 1 is 0.897 bits per heavy atom. The summed E-state index contributed by atoms with van der Waals surface area (Å²) in [6, 6.07) is 25.5. The zero-order valence-corrected chi connectivity index (χ0v) is 16.1. The van der Waals surface area contributed by atoms with E-state index in [0.717, 1.165) is 28.1 Å². The lowest BCUT2D eigenvalue weighted by Gasteiger charge is -2.09. The number of aryl methyl sites for hydroxylation is 1. The minimum atomic E-state index is -0.201. The standard InChI is InChI=1S/C24H21N3O2/c1-27-17-25-15-23(27)20-9-13-22(14-10-20)29-16-24(28)26-21-11-7-19(8-12-21)18-5-3-2-4-6-18/h2-15,17H,16H2,1H3,(H,26,28). The molecule has 144 valence electrons. The molecule has 0 aliphatic heterocycles. The SMILES string of the molecule is Cn1cncc1-c1ccc(OCC(=O)Nc2ccc(-c3ccccc3)cc2)cc1. The quantitative estimate of drug-likeness (QED) is 0.522. The molecular formula is C24H21N3O2. The number of aromatic nitrogens is 2. The van der Waals surface area contributed by atoms with Crippen molar-refractivity contribution in [1.82, 2.24) is 9.55 Å². The van der Waals surface area contributed by atoms with Crippen LogP contribution in [-0.2, 0) is 11.8 Å². The predicted octanol–water partition coefficient (Wildman–Crippen LogP) is 4.77. The van der Waals surface area contributed by atoms with Crippen molar-refractivity contribution in [2.75, 3.05) is 11.9 Å². The Morgan fingerprint density at radius 2 is 1.55 bits per heavy atom. The minimum Gasteiger partial charge on any atom is -0.484 e. The summed E-state index contributed by atoms with van der Waals surface area (Å²) in [5, 5.41) is 2.86. The maximum Gasteiger partial charge on any atom is 0.262 e. The lowest BCUT2D eigenvalue weighted by molar-refractivity contribution is -0.118. The minimum absolute atomic E-state index is 0.0501. The topological polar surface area (TPSA) is 56.2 Å². The first-order chi connectivity index (χ1) is 14.2. The Hall–Kier alpha value is -3.86. The number of carbonyl (C=O) groups is 1. The molecule has 0 unspecified atom stereocenters. The average Bonchev–Trinajstić information content (AvgIpc) is 3.20. The third-order valence-corrected chi connectivity index (χ3v) is 4.61. The van der Waals surface area contributed by atoms with E-state index in [4.69, 9.17) is 4.74 Å². The first-order valence-corrected chi connectivity index (χ1v) is 9.34. The van der Waals surface area contributed by atoms with Crippen LogP contribution < -0.4 is 10.1 Å². The van der Waals surface area contributed by atoms with Gasteiger partial charge in [0.2, 0.25) is 0 Å². The van der Waals surface area contributed by atoms with Gasteiger partial charge in [0.05, 0.1) is 18.2 Å². The fourth-order valence-electron chi connectivity index (χ4n) is 3.08. The number of benzene rings is 3. The summed E-state index contributed by atoms with van der Waals surface area (Å²) in [6.07, 6.45) is 3.57. The number of hydrogen-bond donors (Lipinski definition) is 1. The zero-order valence-electron chi connectivity index (χ0n) is 16.1. The molecular weight excluding hydrogens is 362 g/mol. The zero-order chi connectivity index (χ0) is 20.1. The average molecular weight is 383 g/mol. The van der Waals surface area contributed by atoms with Crippen molar-refractivity contribution in [1.29, 1.82) is 0 Å². The van der Waals surface area contributed by atoms with E-state index in [9.17, 15) is 4.79 Å². The number of nitrogens with zero attached hydrogens (tertiary/aromatic N) is 2. The molecule has 5 heteroatoms. The van der Waals surface area contributed by atoms with Crippen molar-refractivity contribution < 1.29 is 9.53 Å². The second-order valence-electron chi connectivity index (χ2n) is 6.69. The highest BCUT2D eigenvalue weighted by atomic mass is 16.5. The number of imidazole rings is 1. The van der Waals surface area contributed by atoms with Gasteiger partial charge in [0, 0.05) is 18.3 Å². The van der Waals surface area contributed by atoms with Gasteiger partial charge in [-0.1, -0.05) is 42.5 Å². The smallest absolute Gasteiger partial charge is 0.262 e. The van der Waals surface area contributed by atoms with Crippen molar-refractivity contribution in [2.24, 2.45) is 7.05 Å². The van der Waals surface area contributed by atoms with Gasteiger partial charge in [-0.25, -0.2) is 4.98 Å². The molecule has 1 amide bonds. The molecule has 4 rings (SSSR count). The number of amides is 1. The number of rotatable bonds is 6. The van der Waals surface area contributed by atoms with Gasteiger partial charge in [0.25, 0.3) is 5.91 Å². The van der Waals surface area contributed by atoms with Crippen LogP contribution in [0.25, 0.3) is 22.4 Å². The number of hydrogen-bond acceptors (Lipinski definition) is 3. The Morgan fingerprint density at radius 3 is 2.21 bits per heavy atom. The molecule has 0 saturated carbocycles. The summed E-state index contributed by atoms with van der Waals surface area (Å²) in [4.78, 5) is 16.3. The number of ether oxygens (including phenoxy) is 1. The van der Waals surface area contributed by atoms with Crippen LogP contribution in [0.5, 0.6) is 5.75 Å². The van der Waals surface area contributed by atoms with Crippen LogP contribution in [0, 0.1) is 0 Å². The molecule has 4 aromatic rings. The van der Waals surface area contributed by atoms with Gasteiger partial charge >= 0.3 is 0 Å². The highest BCUT2D eigenvalue weighted by Crippen LogP contribution is 2.22. The third-order valence-electron chi connectivity index (χ3n) is 4.61. The fraction of sp³-hybridized carbons (Fsp3) is 0.0833. The summed E-state index contributed by atoms with van der Waals surface area (Å²) in [7, 11) is 1.95. The van der Waals surface area contributed by atoms with E-state index in [1.165, 1.54) is 0 Å². The van der Waals surface area contributed by atoms with Gasteiger partial charge in [-0.3, -0.25) is 4.79 Å². The maximum atomic E-state index is 12.2. The first-order valence-electron chi connectivity index (χ1n) is 9.34. The van der Waals surface area contributed by atoms with Gasteiger partial charge in [-0.05, 0) is 47.5 Å². The first kappa shape index (κ1) is 18.5. The molecule has 0 bridgehead atoms. The Kier molecular flexibility index (Phi) is 5.38. The molecule has 0 fully saturated rings. The second kappa shape index (κ2) is 8.44. The molecule has 0 aliphatic rings. The molecule has 3 aromatic carbocycles. The maximum absolute atomic E-state index is 12.2. The molecule has 1 aromatic heterocycles. The lowest BCUT2D eigenvalue weighted by Crippen LogP contribution is -2.20. The Labute approximate surface area is 169 Å². The van der Waals surface area contributed by atoms with Crippen LogP contribution in [0.4, 0.5) is 5.69 Å². The predicted molar refractivity (Wildman–Crippen MR) is 115 cm³/mol. The highest BCUT2D eigenvalue weighted by molar-refractivity contribution is 5.92. The number of carbonyl (C=O) groups excluding carboxylic acids is 1. The van der Waals surface area contributed by atoms with Crippen LogP contribution in [0.1, 0.15) is 0 Å². The Bertz CT molecular complexity index is 1090. The van der Waals surface area contributed by atoms with Crippen LogP contribution in [0.15, 0.2) is 91.4 Å². The summed E-state index contributed by atoms with van der Waals surface area (Å²) in [6.45, 7) is -0.0501. The summed E-state index contributed by atoms with van der Waals surface area (Å²) >= 11 is 0. The van der Waals surface area contributed by atoms with E-state index in [-0.39, 0.29) is 12.5 Å². The number of nitrogens with one attached hydrogen (secondary N) is 1. The molecule has 0 radical (unpaired) electrons. The molecule has 1 heterocycles. The van der Waals surface area contributed by atoms with Crippen molar-refractivity contribution in [3.05, 3.63) is 91.4 Å². The second-order valence-corrected chi connectivity index (χ2v) is 6.69. The van der Waals surface area contributed by atoms with Crippen molar-refractivity contribution >= 4 is 11.6 Å². The molecule has 0 aliphatic carbocycles. The van der Waals surface area contributed by atoms with E-state index in [2.05, 4.69) is 22.4 Å². The number of anilines is 1. The van der Waals surface area contributed by atoms with Gasteiger partial charge in [0.15, 0.2) is 6.61 Å². The normalized spacial score (nSPS) is 10.5. The highest BCUT2D eigenvalue weighted by Gasteiger charge is 2.06. The van der Waals surface area contributed by atoms with Crippen LogP contribution in [0.2, 0.25) is 0 Å². The van der Waals surface area contributed by atoms with Gasteiger partial charge in [0.1, 0.15) is 5.75 Å². The molecule has 5 nitrogen and oxygen atoms in total. The van der Waals surface area contributed by atoms with E-state index >= 15 is 0 Å². The molecule has 0 saturated heterocycles. The molecule has 0 atom stereocenters. The van der Waals surface area contributed by atoms with E-state index < -0.39 is 0 Å². The van der Waals surface area contributed by atoms with Gasteiger partial charge in [-0.15, -0.1) is 0 Å². The summed E-state index contributed by atoms with van der Waals surface area (Å²) < 4.78 is 7.55. The molecule has 1 N–H and O–H groups in total. The van der Waals surface area contributed by atoms with E-state index in [1.807, 2.05) is 84.5 Å². The molecule has 29 heavy (non-hydrogen) atoms. The fourth-order valence-corrected chi connectivity index (χ4v) is 3.08. The van der Waals surface area contributed by atoms with Crippen molar-refractivity contribution in [2.45, 2.75) is 0 Å². The van der Waals surface area contributed by atoms with E-state index in [1.54, 1.807) is 6.33 Å². The summed E-state index contributed by atoms with van der Waals surface area (Å²) in [5.74, 6) is 0.443. The van der Waals surface area contributed by atoms with Crippen molar-refractivity contribution in [3.8, 4) is 28.1 Å². The Balaban J connectivity index is 1.31. The van der Waals surface area contributed by atoms with Crippen LogP contribution >= 0.6 is 0 Å². The largest absolute Gasteiger partial charge is 0.484 e. The van der Waals surface area contributed by atoms with Crippen LogP contribution in [-0.4, -0.2) is 22.1 Å². The van der Waals surface area contributed by atoms with Crippen LogP contribution in [0.3, 0.4) is 0 Å². The monoisotopic (exact) mass is 383 g/mol. The lowest BCUT2D eigenvalue weighted by atomic mass is 10.1. The third kappa shape index (κ3) is 4.52. The van der Waals surface area contributed by atoms with Gasteiger partial charge in [-0.2, -0.15) is 0 Å².